The highest BCUT2D eigenvalue weighted by Gasteiger charge is 2.31. The van der Waals surface area contributed by atoms with Crippen LogP contribution < -0.4 is 4.74 Å². The Kier molecular flexibility index (Phi) is 5.90. The molecule has 0 aliphatic carbocycles. The Morgan fingerprint density at radius 3 is 2.57 bits per heavy atom. The number of benzene rings is 1. The van der Waals surface area contributed by atoms with E-state index in [1.54, 1.807) is 6.92 Å². The maximum Gasteiger partial charge on any atom is 0.446 e. The fourth-order valence-electron chi connectivity index (χ4n) is 1.58. The number of carbonyl (C=O) groups is 1. The van der Waals surface area contributed by atoms with Gasteiger partial charge in [0.2, 0.25) is 0 Å². The third-order valence-electron chi connectivity index (χ3n) is 2.38. The second-order valence-corrected chi connectivity index (χ2v) is 4.91. The fourth-order valence-corrected chi connectivity index (χ4v) is 2.28. The lowest BCUT2D eigenvalue weighted by Crippen LogP contribution is -2.09. The van der Waals surface area contributed by atoms with E-state index in [1.807, 2.05) is 6.07 Å². The Balaban J connectivity index is 3.20. The molecule has 8 heteroatoms. The molecule has 0 aromatic heterocycles. The molecule has 0 fully saturated rings. The molecule has 0 saturated carbocycles. The van der Waals surface area contributed by atoms with Crippen LogP contribution in [0.2, 0.25) is 0 Å². The van der Waals surface area contributed by atoms with Gasteiger partial charge in [0.1, 0.15) is 5.75 Å². The van der Waals surface area contributed by atoms with Gasteiger partial charge in [-0.15, -0.1) is 0 Å². The van der Waals surface area contributed by atoms with Gasteiger partial charge in [-0.05, 0) is 36.4 Å². The molecular formula is C13H12F3NO3S. The highest BCUT2D eigenvalue weighted by Crippen LogP contribution is 2.42. The Morgan fingerprint density at radius 2 is 2.10 bits per heavy atom. The zero-order valence-electron chi connectivity index (χ0n) is 11.3. The highest BCUT2D eigenvalue weighted by molar-refractivity contribution is 8.00. The maximum absolute atomic E-state index is 12.5. The first-order valence-electron chi connectivity index (χ1n) is 5.83. The molecule has 1 aromatic carbocycles. The minimum absolute atomic E-state index is 0.0681. The molecule has 0 amide bonds. The molecule has 4 nitrogen and oxygen atoms in total. The average Bonchev–Trinajstić information content (AvgIpc) is 2.37. The molecule has 0 atom stereocenters. The quantitative estimate of drug-likeness (QED) is 0.616. The molecule has 0 spiro atoms. The first kappa shape index (κ1) is 17.2. The minimum atomic E-state index is -4.50. The monoisotopic (exact) mass is 319 g/mol. The number of nitrogens with zero attached hydrogens (tertiary/aromatic N) is 1. The van der Waals surface area contributed by atoms with Crippen LogP contribution in [0, 0.1) is 11.3 Å². The topological polar surface area (TPSA) is 59.3 Å². The fraction of sp³-hybridized carbons (Fsp3) is 0.385. The van der Waals surface area contributed by atoms with Crippen molar-refractivity contribution in [2.24, 2.45) is 0 Å². The predicted octanol–water partition coefficient (Wildman–Crippen LogP) is 3.28. The molecule has 0 radical (unpaired) electrons. The Labute approximate surface area is 123 Å². The van der Waals surface area contributed by atoms with Gasteiger partial charge in [-0.1, -0.05) is 0 Å². The Morgan fingerprint density at radius 1 is 1.43 bits per heavy atom. The van der Waals surface area contributed by atoms with E-state index in [9.17, 15) is 18.0 Å². The summed E-state index contributed by atoms with van der Waals surface area (Å²) in [4.78, 5) is 11.2. The largest absolute Gasteiger partial charge is 0.496 e. The first-order chi connectivity index (χ1) is 9.80. The lowest BCUT2D eigenvalue weighted by molar-refractivity contribution is -0.142. The van der Waals surface area contributed by atoms with Crippen molar-refractivity contribution in [3.05, 3.63) is 23.3 Å². The smallest absolute Gasteiger partial charge is 0.446 e. The van der Waals surface area contributed by atoms with E-state index in [0.29, 0.717) is 0 Å². The summed E-state index contributed by atoms with van der Waals surface area (Å²) < 4.78 is 47.1. The average molecular weight is 319 g/mol. The van der Waals surface area contributed by atoms with Crippen molar-refractivity contribution in [2.45, 2.75) is 23.7 Å². The van der Waals surface area contributed by atoms with Crippen LogP contribution in [-0.4, -0.2) is 25.2 Å². The summed E-state index contributed by atoms with van der Waals surface area (Å²) in [5.41, 5.74) is -4.25. The van der Waals surface area contributed by atoms with E-state index in [-0.39, 0.29) is 46.6 Å². The van der Waals surface area contributed by atoms with Gasteiger partial charge in [0.15, 0.2) is 0 Å². The number of carbonyl (C=O) groups excluding carboxylic acids is 1. The number of thioether (sulfide) groups is 1. The number of rotatable bonds is 5. The summed E-state index contributed by atoms with van der Waals surface area (Å²) in [6.07, 6.45) is -0.272. The van der Waals surface area contributed by atoms with Crippen LogP contribution in [0.25, 0.3) is 0 Å². The predicted molar refractivity (Wildman–Crippen MR) is 70.0 cm³/mol. The van der Waals surface area contributed by atoms with Crippen molar-refractivity contribution in [2.75, 3.05) is 13.7 Å². The second-order valence-electron chi connectivity index (χ2n) is 3.80. The summed E-state index contributed by atoms with van der Waals surface area (Å²) >= 11 is -0.361. The van der Waals surface area contributed by atoms with Crippen molar-refractivity contribution in [3.63, 3.8) is 0 Å². The number of hydrogen-bond donors (Lipinski definition) is 0. The lowest BCUT2D eigenvalue weighted by Gasteiger charge is -2.13. The number of esters is 1. The zero-order valence-corrected chi connectivity index (χ0v) is 12.1. The van der Waals surface area contributed by atoms with Crippen LogP contribution in [0.5, 0.6) is 5.75 Å². The normalized spacial score (nSPS) is 10.9. The van der Waals surface area contributed by atoms with Gasteiger partial charge in [-0.2, -0.15) is 18.4 Å². The number of hydrogen-bond acceptors (Lipinski definition) is 5. The molecule has 0 saturated heterocycles. The lowest BCUT2D eigenvalue weighted by atomic mass is 10.1. The summed E-state index contributed by atoms with van der Waals surface area (Å²) in [6, 6.07) is 4.14. The molecule has 0 bridgehead atoms. The molecule has 0 aliphatic heterocycles. The van der Waals surface area contributed by atoms with Gasteiger partial charge in [-0.3, -0.25) is 4.79 Å². The van der Waals surface area contributed by atoms with Crippen molar-refractivity contribution in [3.8, 4) is 11.8 Å². The van der Waals surface area contributed by atoms with E-state index in [2.05, 4.69) is 0 Å². The molecule has 114 valence electrons. The van der Waals surface area contributed by atoms with Gasteiger partial charge < -0.3 is 9.47 Å². The number of methoxy groups -OCH3 is 1. The number of nitriles is 1. The summed E-state index contributed by atoms with van der Waals surface area (Å²) in [6.45, 7) is 1.77. The van der Waals surface area contributed by atoms with Gasteiger partial charge in [0.05, 0.1) is 36.7 Å². The summed E-state index contributed by atoms with van der Waals surface area (Å²) in [5, 5.41) is 9.02. The third kappa shape index (κ3) is 5.19. The standard InChI is InChI=1S/C13H12F3NO3S/c1-3-20-12(18)6-8-5-11(21-13(14,15)16)10(19-2)4-9(8)7-17/h4-5H,3,6H2,1-2H3. The summed E-state index contributed by atoms with van der Waals surface area (Å²) in [5.74, 6) is -0.677. The van der Waals surface area contributed by atoms with Crippen LogP contribution in [0.3, 0.4) is 0 Å². The molecular weight excluding hydrogens is 307 g/mol. The van der Waals surface area contributed by atoms with Gasteiger partial charge in [-0.25, -0.2) is 0 Å². The van der Waals surface area contributed by atoms with Crippen molar-refractivity contribution in [1.82, 2.24) is 0 Å². The third-order valence-corrected chi connectivity index (χ3v) is 3.15. The van der Waals surface area contributed by atoms with Crippen LogP contribution in [0.1, 0.15) is 18.1 Å². The number of halogens is 3. The van der Waals surface area contributed by atoms with E-state index in [1.165, 1.54) is 13.2 Å². The van der Waals surface area contributed by atoms with Gasteiger partial charge in [0, 0.05) is 0 Å². The first-order valence-corrected chi connectivity index (χ1v) is 6.64. The zero-order chi connectivity index (χ0) is 16.0. The van der Waals surface area contributed by atoms with Crippen LogP contribution in [0.15, 0.2) is 17.0 Å². The second kappa shape index (κ2) is 7.22. The Hall–Kier alpha value is -1.88. The van der Waals surface area contributed by atoms with E-state index >= 15 is 0 Å². The number of alkyl halides is 3. The number of ether oxygens (including phenoxy) is 2. The van der Waals surface area contributed by atoms with Crippen molar-refractivity contribution < 1.29 is 27.4 Å². The van der Waals surface area contributed by atoms with E-state index in [0.717, 1.165) is 6.07 Å². The van der Waals surface area contributed by atoms with Crippen LogP contribution >= 0.6 is 11.8 Å². The van der Waals surface area contributed by atoms with Gasteiger partial charge in [0.25, 0.3) is 0 Å². The minimum Gasteiger partial charge on any atom is -0.496 e. The Bertz CT molecular complexity index is 567. The van der Waals surface area contributed by atoms with Crippen LogP contribution in [0.4, 0.5) is 13.2 Å². The van der Waals surface area contributed by atoms with E-state index in [4.69, 9.17) is 14.7 Å². The maximum atomic E-state index is 12.5. The molecule has 1 rings (SSSR count). The van der Waals surface area contributed by atoms with Crippen molar-refractivity contribution >= 4 is 17.7 Å². The SMILES string of the molecule is CCOC(=O)Cc1cc(SC(F)(F)F)c(OC)cc1C#N. The van der Waals surface area contributed by atoms with Crippen molar-refractivity contribution in [1.29, 1.82) is 5.26 Å². The highest BCUT2D eigenvalue weighted by atomic mass is 32.2. The molecule has 1 aromatic rings. The molecule has 21 heavy (non-hydrogen) atoms. The van der Waals surface area contributed by atoms with Gasteiger partial charge >= 0.3 is 11.5 Å². The molecule has 0 heterocycles. The molecule has 0 aliphatic rings. The van der Waals surface area contributed by atoms with Crippen LogP contribution in [-0.2, 0) is 16.0 Å². The molecule has 0 N–H and O–H groups in total. The molecule has 0 unspecified atom stereocenters. The summed E-state index contributed by atoms with van der Waals surface area (Å²) in [7, 11) is 1.21. The van der Waals surface area contributed by atoms with E-state index < -0.39 is 11.5 Å².